The zero-order valence-corrected chi connectivity index (χ0v) is 7.47. The Morgan fingerprint density at radius 1 is 1.42 bits per heavy atom. The van der Waals surface area contributed by atoms with Crippen LogP contribution in [0.15, 0.2) is 10.9 Å². The topological polar surface area (TPSA) is 103 Å². The number of hydrogen-bond donors (Lipinski definition) is 3. The zero-order valence-electron chi connectivity index (χ0n) is 6.66. The van der Waals surface area contributed by atoms with Crippen molar-refractivity contribution in [2.45, 2.75) is 6.92 Å². The molecule has 6 nitrogen and oxygen atoms in total. The molecule has 12 heavy (non-hydrogen) atoms. The lowest BCUT2D eigenvalue weighted by molar-refractivity contribution is 0.490. The first kappa shape index (κ1) is 10.9. The summed E-state index contributed by atoms with van der Waals surface area (Å²) in [6.07, 6.45) is 0.715. The molecule has 0 saturated heterocycles. The average Bonchev–Trinajstić information content (AvgIpc) is 2.09. The van der Waals surface area contributed by atoms with Crippen LogP contribution in [-0.4, -0.2) is 29.4 Å². The number of aromatic nitrogens is 2. The molecule has 0 unspecified atom stereocenters. The Labute approximate surface area is 69.4 Å². The monoisotopic (exact) mass is 194 g/mol. The van der Waals surface area contributed by atoms with Gasteiger partial charge < -0.3 is 5.10 Å². The largest absolute Gasteiger partial charge is 0.303 e. The molecule has 1 rings (SSSR count). The normalized spacial score (nSPS) is 10.2. The van der Waals surface area contributed by atoms with Crippen molar-refractivity contribution in [1.82, 2.24) is 10.2 Å². The van der Waals surface area contributed by atoms with Crippen LogP contribution < -0.4 is 5.56 Å². The van der Waals surface area contributed by atoms with Gasteiger partial charge in [0.05, 0.1) is 6.26 Å². The summed E-state index contributed by atoms with van der Waals surface area (Å²) in [4.78, 5) is 10.2. The maximum absolute atomic E-state index is 10.2. The fourth-order valence-electron chi connectivity index (χ4n) is 0.429. The summed E-state index contributed by atoms with van der Waals surface area (Å²) >= 11 is 0. The number of aryl methyl sites for hydroxylation is 1. The van der Waals surface area contributed by atoms with E-state index in [-0.39, 0.29) is 5.56 Å². The van der Waals surface area contributed by atoms with Crippen LogP contribution in [0, 0.1) is 6.92 Å². The van der Waals surface area contributed by atoms with Crippen LogP contribution in [-0.2, 0) is 10.1 Å². The van der Waals surface area contributed by atoms with Gasteiger partial charge in [-0.2, -0.15) is 8.42 Å². The van der Waals surface area contributed by atoms with E-state index in [1.807, 2.05) is 6.92 Å². The summed E-state index contributed by atoms with van der Waals surface area (Å²) in [5, 5.41) is 5.02. The molecule has 0 aromatic carbocycles. The van der Waals surface area contributed by atoms with Gasteiger partial charge in [-0.25, -0.2) is 0 Å². The van der Waals surface area contributed by atoms with Gasteiger partial charge in [-0.1, -0.05) is 0 Å². The first-order valence-electron chi connectivity index (χ1n) is 2.96. The molecular formula is C5H10N2O4S. The lowest BCUT2D eigenvalue weighted by Gasteiger charge is -1.69. The Bertz CT molecular complexity index is 366. The molecule has 0 fully saturated rings. The van der Waals surface area contributed by atoms with Gasteiger partial charge >= 0.3 is 0 Å². The molecule has 0 bridgehead atoms. The minimum atomic E-state index is -3.67. The molecule has 1 heterocycles. The third kappa shape index (κ3) is 8.92. The number of H-pyrrole nitrogens is 2. The summed E-state index contributed by atoms with van der Waals surface area (Å²) in [6.45, 7) is 1.82. The van der Waals surface area contributed by atoms with E-state index in [1.54, 1.807) is 0 Å². The quantitative estimate of drug-likeness (QED) is 0.485. The highest BCUT2D eigenvalue weighted by atomic mass is 32.2. The maximum Gasteiger partial charge on any atom is 0.264 e. The SMILES string of the molecule is CS(=O)(=O)O.Cc1cc(=O)[nH][nH]1. The van der Waals surface area contributed by atoms with Crippen molar-refractivity contribution in [2.24, 2.45) is 0 Å². The van der Waals surface area contributed by atoms with E-state index < -0.39 is 10.1 Å². The van der Waals surface area contributed by atoms with Gasteiger partial charge in [0.2, 0.25) is 0 Å². The van der Waals surface area contributed by atoms with Gasteiger partial charge in [-0.05, 0) is 6.92 Å². The molecule has 0 aliphatic rings. The lowest BCUT2D eigenvalue weighted by atomic mass is 10.5. The maximum atomic E-state index is 10.2. The molecule has 3 N–H and O–H groups in total. The molecule has 0 amide bonds. The summed E-state index contributed by atoms with van der Waals surface area (Å²) in [5.74, 6) is 0. The van der Waals surface area contributed by atoms with Crippen LogP contribution in [0.3, 0.4) is 0 Å². The van der Waals surface area contributed by atoms with E-state index in [2.05, 4.69) is 10.2 Å². The Balaban J connectivity index is 0.000000217. The Hall–Kier alpha value is -1.08. The van der Waals surface area contributed by atoms with Crippen molar-refractivity contribution >= 4 is 10.1 Å². The van der Waals surface area contributed by atoms with Gasteiger partial charge in [0, 0.05) is 11.8 Å². The van der Waals surface area contributed by atoms with Crippen LogP contribution in [0.4, 0.5) is 0 Å². The van der Waals surface area contributed by atoms with E-state index in [1.165, 1.54) is 6.07 Å². The third-order valence-corrected chi connectivity index (χ3v) is 0.730. The number of nitrogens with one attached hydrogen (secondary N) is 2. The zero-order chi connectivity index (χ0) is 9.78. The Morgan fingerprint density at radius 3 is 1.92 bits per heavy atom. The highest BCUT2D eigenvalue weighted by molar-refractivity contribution is 7.85. The molecule has 0 atom stereocenters. The van der Waals surface area contributed by atoms with Crippen molar-refractivity contribution in [1.29, 1.82) is 0 Å². The van der Waals surface area contributed by atoms with Gasteiger partial charge in [-0.15, -0.1) is 0 Å². The van der Waals surface area contributed by atoms with Crippen molar-refractivity contribution in [3.05, 3.63) is 22.1 Å². The predicted molar refractivity (Wildman–Crippen MR) is 43.6 cm³/mol. The molecule has 0 spiro atoms. The molecule has 0 saturated carbocycles. The minimum Gasteiger partial charge on any atom is -0.303 e. The lowest BCUT2D eigenvalue weighted by Crippen LogP contribution is -1.93. The highest BCUT2D eigenvalue weighted by Crippen LogP contribution is 1.76. The Kier molecular flexibility index (Phi) is 3.71. The summed E-state index contributed by atoms with van der Waals surface area (Å²) in [7, 11) is -3.67. The molecule has 1 aromatic rings. The standard InChI is InChI=1S/C4H6N2O.CH4O3S/c1-3-2-4(7)6-5-3;1-5(2,3)4/h2H,1H3,(H2,5,6,7);1H3,(H,2,3,4). The van der Waals surface area contributed by atoms with Gasteiger partial charge in [0.25, 0.3) is 15.7 Å². The molecule has 1 aromatic heterocycles. The average molecular weight is 194 g/mol. The van der Waals surface area contributed by atoms with E-state index in [0.29, 0.717) is 6.26 Å². The number of hydrogen-bond acceptors (Lipinski definition) is 3. The van der Waals surface area contributed by atoms with Crippen molar-refractivity contribution in [3.8, 4) is 0 Å². The first-order valence-corrected chi connectivity index (χ1v) is 4.80. The van der Waals surface area contributed by atoms with E-state index in [9.17, 15) is 13.2 Å². The Morgan fingerprint density at radius 2 is 1.83 bits per heavy atom. The fourth-order valence-corrected chi connectivity index (χ4v) is 0.429. The van der Waals surface area contributed by atoms with Crippen molar-refractivity contribution in [2.75, 3.05) is 6.26 Å². The van der Waals surface area contributed by atoms with Crippen LogP contribution in [0.1, 0.15) is 5.69 Å². The summed E-state index contributed by atoms with van der Waals surface area (Å²) < 4.78 is 25.9. The molecule has 70 valence electrons. The van der Waals surface area contributed by atoms with Crippen LogP contribution in [0.5, 0.6) is 0 Å². The number of rotatable bonds is 0. The van der Waals surface area contributed by atoms with Crippen LogP contribution >= 0.6 is 0 Å². The van der Waals surface area contributed by atoms with Crippen LogP contribution in [0.25, 0.3) is 0 Å². The molecule has 0 aliphatic carbocycles. The van der Waals surface area contributed by atoms with Crippen molar-refractivity contribution < 1.29 is 13.0 Å². The fraction of sp³-hybridized carbons (Fsp3) is 0.400. The van der Waals surface area contributed by atoms with Gasteiger partial charge in [0.1, 0.15) is 0 Å². The molecule has 7 heteroatoms. The van der Waals surface area contributed by atoms with Gasteiger partial charge in [-0.3, -0.25) is 14.4 Å². The van der Waals surface area contributed by atoms with E-state index >= 15 is 0 Å². The van der Waals surface area contributed by atoms with Crippen molar-refractivity contribution in [3.63, 3.8) is 0 Å². The minimum absolute atomic E-state index is 0.0718. The second kappa shape index (κ2) is 4.07. The third-order valence-electron chi connectivity index (χ3n) is 0.730. The summed E-state index contributed by atoms with van der Waals surface area (Å²) in [5.41, 5.74) is 0.794. The first-order chi connectivity index (χ1) is 5.29. The summed E-state index contributed by atoms with van der Waals surface area (Å²) in [6, 6.07) is 1.50. The smallest absolute Gasteiger partial charge is 0.264 e. The molecular weight excluding hydrogens is 184 g/mol. The second-order valence-corrected chi connectivity index (χ2v) is 3.64. The predicted octanol–water partition coefficient (Wildman–Crippen LogP) is -0.485. The highest BCUT2D eigenvalue weighted by Gasteiger charge is 1.82. The second-order valence-electron chi connectivity index (χ2n) is 2.17. The van der Waals surface area contributed by atoms with Crippen LogP contribution in [0.2, 0.25) is 0 Å². The van der Waals surface area contributed by atoms with E-state index in [4.69, 9.17) is 4.55 Å². The molecule has 0 radical (unpaired) electrons. The van der Waals surface area contributed by atoms with Gasteiger partial charge in [0.15, 0.2) is 0 Å². The molecule has 0 aliphatic heterocycles. The van der Waals surface area contributed by atoms with E-state index in [0.717, 1.165) is 5.69 Å². The number of aromatic amines is 2.